The van der Waals surface area contributed by atoms with Crippen LogP contribution in [0.1, 0.15) is 57.4 Å². The molecular weight excluding hydrogens is 520 g/mol. The van der Waals surface area contributed by atoms with Gasteiger partial charge in [0.2, 0.25) is 0 Å². The van der Waals surface area contributed by atoms with Crippen LogP contribution in [0.2, 0.25) is 0 Å². The van der Waals surface area contributed by atoms with Crippen molar-refractivity contribution in [1.82, 2.24) is 0 Å². The van der Waals surface area contributed by atoms with Gasteiger partial charge in [-0.3, -0.25) is 9.59 Å². The molecule has 0 radical (unpaired) electrons. The highest BCUT2D eigenvalue weighted by Crippen LogP contribution is 2.31. The molecule has 7 nitrogen and oxygen atoms in total. The molecule has 0 atom stereocenters. The maximum Gasteiger partial charge on any atom is 0.147 e. The maximum absolute atomic E-state index is 9.48. The third-order valence-electron chi connectivity index (χ3n) is 5.85. The number of hydrogen-bond acceptors (Lipinski definition) is 7. The Morgan fingerprint density at radius 3 is 1.93 bits per heavy atom. The number of unbranched alkanes of at least 4 members (excludes halogenated alkanes) is 6. The number of hydrogen-bond donors (Lipinski definition) is 1. The van der Waals surface area contributed by atoms with Crippen LogP contribution >= 0.6 is 0 Å². The summed E-state index contributed by atoms with van der Waals surface area (Å²) in [6, 6.07) is 14.7. The van der Waals surface area contributed by atoms with Crippen molar-refractivity contribution in [3.05, 3.63) is 72.8 Å². The van der Waals surface area contributed by atoms with Crippen LogP contribution < -0.4 is 9.47 Å². The van der Waals surface area contributed by atoms with Gasteiger partial charge in [0.15, 0.2) is 0 Å². The fraction of sp³-hybridized carbons (Fsp3) is 0.471. The van der Waals surface area contributed by atoms with Crippen molar-refractivity contribution < 1.29 is 33.6 Å². The first-order chi connectivity index (χ1) is 20.0. The van der Waals surface area contributed by atoms with Gasteiger partial charge in [0.25, 0.3) is 0 Å². The molecular formula is C34H50O7. The van der Waals surface area contributed by atoms with E-state index in [0.717, 1.165) is 23.5 Å². The predicted molar refractivity (Wildman–Crippen MR) is 167 cm³/mol. The summed E-state index contributed by atoms with van der Waals surface area (Å²) < 4.78 is 21.9. The molecule has 0 aliphatic rings. The van der Waals surface area contributed by atoms with Crippen molar-refractivity contribution in [1.29, 1.82) is 0 Å². The fourth-order valence-corrected chi connectivity index (χ4v) is 3.68. The molecule has 2 aromatic carbocycles. The van der Waals surface area contributed by atoms with Crippen molar-refractivity contribution in [2.45, 2.75) is 58.3 Å². The average Bonchev–Trinajstić information content (AvgIpc) is 3.01. The number of ether oxygens (including phenoxy) is 4. The number of aryl methyl sites for hydroxylation is 1. The molecule has 1 N–H and O–H groups in total. The Hall–Kier alpha value is -3.26. The first-order valence-electron chi connectivity index (χ1n) is 14.3. The highest BCUT2D eigenvalue weighted by atomic mass is 16.5. The van der Waals surface area contributed by atoms with Crippen LogP contribution in [-0.4, -0.2) is 64.9 Å². The zero-order valence-corrected chi connectivity index (χ0v) is 25.3. The smallest absolute Gasteiger partial charge is 0.147 e. The number of methoxy groups -OCH3 is 2. The van der Waals surface area contributed by atoms with E-state index in [4.69, 9.17) is 28.8 Å². The number of benzene rings is 2. The summed E-state index contributed by atoms with van der Waals surface area (Å²) >= 11 is 0. The number of carbonyl (C=O) groups is 2. The van der Waals surface area contributed by atoms with Gasteiger partial charge >= 0.3 is 0 Å². The van der Waals surface area contributed by atoms with E-state index in [9.17, 15) is 4.79 Å². The Labute approximate surface area is 247 Å². The van der Waals surface area contributed by atoms with Gasteiger partial charge in [-0.2, -0.15) is 0 Å². The second kappa shape index (κ2) is 26.9. The summed E-state index contributed by atoms with van der Waals surface area (Å²) in [5, 5.41) is 8.00. The Kier molecular flexibility index (Phi) is 24.8. The summed E-state index contributed by atoms with van der Waals surface area (Å²) in [6.07, 6.45) is 12.7. The summed E-state index contributed by atoms with van der Waals surface area (Å²) in [7, 11) is 3.38. The molecule has 0 spiro atoms. The number of rotatable bonds is 20. The lowest BCUT2D eigenvalue weighted by atomic mass is 9.95. The predicted octanol–water partition coefficient (Wildman–Crippen LogP) is 6.80. The fourth-order valence-electron chi connectivity index (χ4n) is 3.68. The number of aliphatic hydroxyl groups is 1. The van der Waals surface area contributed by atoms with Crippen LogP contribution in [0.5, 0.6) is 11.5 Å². The first-order valence-corrected chi connectivity index (χ1v) is 14.3. The molecule has 0 aliphatic heterocycles. The third kappa shape index (κ3) is 19.5. The van der Waals surface area contributed by atoms with Gasteiger partial charge in [0.1, 0.15) is 37.3 Å². The number of aliphatic hydroxyl groups excluding tert-OH is 1. The molecule has 0 heterocycles. The minimum absolute atomic E-state index is 0.218. The normalized spacial score (nSPS) is 9.85. The molecule has 7 heteroatoms. The number of allylic oxidation sites excluding steroid dienone is 1. The van der Waals surface area contributed by atoms with E-state index in [1.165, 1.54) is 62.1 Å². The summed E-state index contributed by atoms with van der Waals surface area (Å²) in [6.45, 7) is 10.6. The van der Waals surface area contributed by atoms with Gasteiger partial charge in [-0.1, -0.05) is 76.8 Å². The molecule has 2 aromatic rings. The lowest BCUT2D eigenvalue weighted by Crippen LogP contribution is -2.05. The maximum atomic E-state index is 9.48. The summed E-state index contributed by atoms with van der Waals surface area (Å²) in [5.74, 6) is 1.74. The van der Waals surface area contributed by atoms with Crippen LogP contribution in [0.3, 0.4) is 0 Å². The monoisotopic (exact) mass is 570 g/mol. The Balaban J connectivity index is 0.00000137. The van der Waals surface area contributed by atoms with E-state index in [2.05, 4.69) is 50.4 Å². The SMILES string of the molecule is C=C(C=O)CO.C=CC=O.CCCCCCCCCc1ccc(OCCOC)cc1-c1cccc(OCCOC)c1. The van der Waals surface area contributed by atoms with Crippen molar-refractivity contribution in [2.24, 2.45) is 0 Å². The zero-order chi connectivity index (χ0) is 30.6. The Morgan fingerprint density at radius 2 is 1.41 bits per heavy atom. The van der Waals surface area contributed by atoms with E-state index < -0.39 is 0 Å². The van der Waals surface area contributed by atoms with E-state index >= 15 is 0 Å². The summed E-state index contributed by atoms with van der Waals surface area (Å²) in [5.41, 5.74) is 3.96. The van der Waals surface area contributed by atoms with E-state index in [-0.39, 0.29) is 12.2 Å². The quantitative estimate of drug-likeness (QED) is 0.106. The third-order valence-corrected chi connectivity index (χ3v) is 5.85. The van der Waals surface area contributed by atoms with Gasteiger partial charge in [-0.05, 0) is 59.9 Å². The van der Waals surface area contributed by atoms with Crippen LogP contribution in [0.25, 0.3) is 11.1 Å². The minimum Gasteiger partial charge on any atom is -0.491 e. The largest absolute Gasteiger partial charge is 0.491 e. The molecule has 0 saturated heterocycles. The molecule has 0 bridgehead atoms. The second-order valence-electron chi connectivity index (χ2n) is 9.21. The van der Waals surface area contributed by atoms with Gasteiger partial charge in [0, 0.05) is 19.8 Å². The Morgan fingerprint density at radius 1 is 0.829 bits per heavy atom. The van der Waals surface area contributed by atoms with Crippen LogP contribution in [-0.2, 0) is 25.5 Å². The Bertz CT molecular complexity index is 965. The topological polar surface area (TPSA) is 91.3 Å². The van der Waals surface area contributed by atoms with Gasteiger partial charge in [-0.25, -0.2) is 0 Å². The lowest BCUT2D eigenvalue weighted by Gasteiger charge is -2.14. The zero-order valence-electron chi connectivity index (χ0n) is 25.3. The molecule has 0 fully saturated rings. The molecule has 228 valence electrons. The highest BCUT2D eigenvalue weighted by molar-refractivity contribution is 5.72. The average molecular weight is 571 g/mol. The lowest BCUT2D eigenvalue weighted by molar-refractivity contribution is -0.105. The van der Waals surface area contributed by atoms with E-state index in [0.29, 0.717) is 39.0 Å². The standard InChI is InChI=1S/C27H40O4.C4H6O2.C3H4O/c1-4-5-6-7-8-9-10-12-23-15-16-26(31-20-18-29-3)22-27(23)24-13-11-14-25(21-24)30-19-17-28-2;1-4(2-5)3-6;1-2-3-4/h11,13-16,21-22H,4-10,12,17-20H2,1-3H3;2,6H,1,3H2;2-3H,1H2. The minimum atomic E-state index is -0.233. The molecule has 0 saturated carbocycles. The van der Waals surface area contributed by atoms with Crippen molar-refractivity contribution in [2.75, 3.05) is 47.3 Å². The van der Waals surface area contributed by atoms with Gasteiger partial charge in [0.05, 0.1) is 19.8 Å². The number of aldehydes is 2. The van der Waals surface area contributed by atoms with E-state index in [1.807, 2.05) is 12.1 Å². The van der Waals surface area contributed by atoms with Gasteiger partial charge < -0.3 is 24.1 Å². The molecule has 2 rings (SSSR count). The molecule has 0 aromatic heterocycles. The molecule has 0 unspecified atom stereocenters. The first kappa shape index (κ1) is 37.7. The van der Waals surface area contributed by atoms with Crippen molar-refractivity contribution >= 4 is 12.6 Å². The van der Waals surface area contributed by atoms with Crippen LogP contribution in [0.4, 0.5) is 0 Å². The highest BCUT2D eigenvalue weighted by Gasteiger charge is 2.09. The van der Waals surface area contributed by atoms with Crippen molar-refractivity contribution in [3.8, 4) is 22.6 Å². The van der Waals surface area contributed by atoms with Crippen LogP contribution in [0.15, 0.2) is 67.3 Å². The van der Waals surface area contributed by atoms with E-state index in [1.54, 1.807) is 14.2 Å². The van der Waals surface area contributed by atoms with Crippen molar-refractivity contribution in [3.63, 3.8) is 0 Å². The molecule has 0 aliphatic carbocycles. The van der Waals surface area contributed by atoms with Gasteiger partial charge in [-0.15, -0.1) is 0 Å². The van der Waals surface area contributed by atoms with Crippen LogP contribution in [0, 0.1) is 0 Å². The summed E-state index contributed by atoms with van der Waals surface area (Å²) in [4.78, 5) is 18.5. The number of carbonyl (C=O) groups excluding carboxylic acids is 2. The second-order valence-corrected chi connectivity index (χ2v) is 9.21. The molecule has 41 heavy (non-hydrogen) atoms. The molecule has 0 amide bonds.